The van der Waals surface area contributed by atoms with E-state index in [4.69, 9.17) is 14.2 Å². The minimum Gasteiger partial charge on any atom is -0.493 e. The van der Waals surface area contributed by atoms with Crippen LogP contribution in [0.1, 0.15) is 43.4 Å². The molecule has 0 aromatic heterocycles. The molecule has 10 heteroatoms. The summed E-state index contributed by atoms with van der Waals surface area (Å²) in [6.45, 7) is 3.31. The van der Waals surface area contributed by atoms with Gasteiger partial charge in [0.2, 0.25) is 23.0 Å². The number of carbonyl (C=O) groups is 2. The Balaban J connectivity index is 1.96. The van der Waals surface area contributed by atoms with Crippen molar-refractivity contribution in [2.24, 2.45) is 0 Å². The molecule has 2 aromatic carbocycles. The molecule has 0 bridgehead atoms. The van der Waals surface area contributed by atoms with Crippen LogP contribution in [0.15, 0.2) is 29.1 Å². The Labute approximate surface area is 230 Å². The van der Waals surface area contributed by atoms with Crippen molar-refractivity contribution in [1.29, 1.82) is 0 Å². The zero-order valence-corrected chi connectivity index (χ0v) is 23.7. The molecule has 0 radical (unpaired) electrons. The second kappa shape index (κ2) is 13.8. The number of aryl methyl sites for hydroxylation is 1. The average molecular weight is 541 g/mol. The molecule has 1 unspecified atom stereocenters. The average Bonchev–Trinajstić information content (AvgIpc) is 3.13. The van der Waals surface area contributed by atoms with Crippen LogP contribution in [0.5, 0.6) is 17.2 Å². The third kappa shape index (κ3) is 7.41. The molecule has 3 N–H and O–H groups in total. The largest absolute Gasteiger partial charge is 0.493 e. The maximum Gasteiger partial charge on any atom is 0.220 e. The SMILES string of the molecule is COc1cc2c(c(OC)c1OC)-c1ccc(NCCCC(=O)NCCN(C)C)c(=O)cc1C(NC(C)=O)CC2. The molecule has 1 aliphatic carbocycles. The summed E-state index contributed by atoms with van der Waals surface area (Å²) in [4.78, 5) is 39.5. The van der Waals surface area contributed by atoms with E-state index in [9.17, 15) is 14.4 Å². The Hall–Kier alpha value is -3.79. The zero-order chi connectivity index (χ0) is 28.5. The molecule has 1 aliphatic rings. The number of amides is 2. The van der Waals surface area contributed by atoms with Gasteiger partial charge in [0.15, 0.2) is 11.5 Å². The number of nitrogens with zero attached hydrogens (tertiary/aromatic N) is 1. The van der Waals surface area contributed by atoms with Gasteiger partial charge in [-0.3, -0.25) is 14.4 Å². The lowest BCUT2D eigenvalue weighted by atomic mass is 9.95. The Morgan fingerprint density at radius 2 is 1.77 bits per heavy atom. The van der Waals surface area contributed by atoms with Crippen LogP contribution in [0.2, 0.25) is 0 Å². The van der Waals surface area contributed by atoms with Gasteiger partial charge >= 0.3 is 0 Å². The van der Waals surface area contributed by atoms with Crippen LogP contribution in [0, 0.1) is 0 Å². The number of rotatable bonds is 12. The number of carbonyl (C=O) groups excluding carboxylic acids is 2. The highest BCUT2D eigenvalue weighted by molar-refractivity contribution is 5.83. The fourth-order valence-corrected chi connectivity index (χ4v) is 4.83. The van der Waals surface area contributed by atoms with Crippen LogP contribution < -0.4 is 35.6 Å². The standard InChI is InChI=1S/C29H40N4O6/c1-18(34)32-22-11-9-19-16-25(37-4)28(38-5)29(39-6)27(19)20-10-12-23(24(35)17-21(20)22)30-13-7-8-26(36)31-14-15-33(2)3/h10,12,16-17,22H,7-9,11,13-15H2,1-6H3,(H,30,35)(H,31,36)(H,32,34). The molecule has 2 aromatic rings. The van der Waals surface area contributed by atoms with Gasteiger partial charge in [-0.05, 0) is 68.2 Å². The predicted molar refractivity (Wildman–Crippen MR) is 152 cm³/mol. The van der Waals surface area contributed by atoms with Crippen LogP contribution in [-0.2, 0) is 16.0 Å². The number of fused-ring (bicyclic) bond motifs is 3. The molecule has 212 valence electrons. The Morgan fingerprint density at radius 1 is 1.03 bits per heavy atom. The monoisotopic (exact) mass is 540 g/mol. The van der Waals surface area contributed by atoms with Gasteiger partial charge in [0, 0.05) is 38.5 Å². The Bertz CT molecular complexity index is 1250. The van der Waals surface area contributed by atoms with Gasteiger partial charge in [0.1, 0.15) is 0 Å². The molecule has 39 heavy (non-hydrogen) atoms. The number of nitrogens with one attached hydrogen (secondary N) is 3. The molecule has 3 rings (SSSR count). The van der Waals surface area contributed by atoms with Crippen molar-refractivity contribution >= 4 is 17.5 Å². The highest BCUT2D eigenvalue weighted by atomic mass is 16.5. The van der Waals surface area contributed by atoms with Gasteiger partial charge < -0.3 is 35.1 Å². The Kier molecular flexibility index (Phi) is 10.6. The molecule has 0 saturated heterocycles. The summed E-state index contributed by atoms with van der Waals surface area (Å²) in [6, 6.07) is 6.75. The summed E-state index contributed by atoms with van der Waals surface area (Å²) in [7, 11) is 8.60. The number of benzene rings is 1. The molecule has 2 amide bonds. The van der Waals surface area contributed by atoms with Crippen LogP contribution in [0.25, 0.3) is 11.1 Å². The molecular formula is C29H40N4O6. The number of hydrogen-bond donors (Lipinski definition) is 3. The first-order valence-corrected chi connectivity index (χ1v) is 13.1. The Morgan fingerprint density at radius 3 is 2.41 bits per heavy atom. The predicted octanol–water partition coefficient (Wildman–Crippen LogP) is 2.73. The van der Waals surface area contributed by atoms with Crippen molar-refractivity contribution in [2.75, 3.05) is 60.4 Å². The minimum absolute atomic E-state index is 0.0162. The molecule has 1 atom stereocenters. The molecular weight excluding hydrogens is 500 g/mol. The van der Waals surface area contributed by atoms with Crippen LogP contribution >= 0.6 is 0 Å². The van der Waals surface area contributed by atoms with Gasteiger partial charge in [-0.2, -0.15) is 0 Å². The first-order valence-electron chi connectivity index (χ1n) is 13.1. The quantitative estimate of drug-likeness (QED) is 0.352. The first kappa shape index (κ1) is 29.8. The van der Waals surface area contributed by atoms with E-state index < -0.39 is 0 Å². The third-order valence-electron chi connectivity index (χ3n) is 6.69. The highest BCUT2D eigenvalue weighted by Crippen LogP contribution is 2.50. The van der Waals surface area contributed by atoms with Crippen molar-refractivity contribution in [2.45, 2.75) is 38.6 Å². The number of likely N-dealkylation sites (N-methyl/N-ethyl adjacent to an activating group) is 1. The van der Waals surface area contributed by atoms with Gasteiger partial charge in [0.05, 0.1) is 33.1 Å². The summed E-state index contributed by atoms with van der Waals surface area (Å²) in [5.41, 5.74) is 3.45. The molecule has 10 nitrogen and oxygen atoms in total. The van der Waals surface area contributed by atoms with E-state index in [2.05, 4.69) is 16.0 Å². The number of methoxy groups -OCH3 is 3. The third-order valence-corrected chi connectivity index (χ3v) is 6.69. The number of hydrogen-bond acceptors (Lipinski definition) is 8. The smallest absolute Gasteiger partial charge is 0.220 e. The van der Waals surface area contributed by atoms with Crippen molar-refractivity contribution in [3.63, 3.8) is 0 Å². The van der Waals surface area contributed by atoms with Crippen molar-refractivity contribution in [1.82, 2.24) is 15.5 Å². The topological polar surface area (TPSA) is 118 Å². The van der Waals surface area contributed by atoms with E-state index in [1.165, 1.54) is 6.92 Å². The maximum atomic E-state index is 13.3. The van der Waals surface area contributed by atoms with Crippen molar-refractivity contribution in [3.05, 3.63) is 45.6 Å². The molecule has 0 fully saturated rings. The van der Waals surface area contributed by atoms with E-state index in [1.54, 1.807) is 33.5 Å². The summed E-state index contributed by atoms with van der Waals surface area (Å²) in [5, 5.41) is 9.09. The van der Waals surface area contributed by atoms with E-state index in [0.29, 0.717) is 67.3 Å². The number of ether oxygens (including phenoxy) is 3. The van der Waals surface area contributed by atoms with Crippen molar-refractivity contribution in [3.8, 4) is 28.4 Å². The summed E-state index contributed by atoms with van der Waals surface area (Å²) < 4.78 is 17.0. The van der Waals surface area contributed by atoms with Crippen LogP contribution in [-0.4, -0.2) is 71.8 Å². The summed E-state index contributed by atoms with van der Waals surface area (Å²) >= 11 is 0. The van der Waals surface area contributed by atoms with E-state index in [0.717, 1.165) is 23.2 Å². The normalized spacial score (nSPS) is 14.0. The van der Waals surface area contributed by atoms with Crippen molar-refractivity contribution < 1.29 is 23.8 Å². The van der Waals surface area contributed by atoms with Crippen LogP contribution in [0.3, 0.4) is 0 Å². The van der Waals surface area contributed by atoms with Crippen LogP contribution in [0.4, 0.5) is 5.69 Å². The van der Waals surface area contributed by atoms with E-state index in [1.807, 2.05) is 31.1 Å². The highest BCUT2D eigenvalue weighted by Gasteiger charge is 2.29. The first-order chi connectivity index (χ1) is 18.7. The summed E-state index contributed by atoms with van der Waals surface area (Å²) in [6.07, 6.45) is 2.16. The number of anilines is 1. The van der Waals surface area contributed by atoms with Gasteiger partial charge in [-0.1, -0.05) is 6.07 Å². The molecule has 0 saturated carbocycles. The zero-order valence-electron chi connectivity index (χ0n) is 23.7. The fraction of sp³-hybridized carbons (Fsp3) is 0.483. The molecule has 0 heterocycles. The lowest BCUT2D eigenvalue weighted by molar-refractivity contribution is -0.121. The second-order valence-corrected chi connectivity index (χ2v) is 9.78. The van der Waals surface area contributed by atoms with E-state index >= 15 is 0 Å². The molecule has 0 aliphatic heterocycles. The lowest BCUT2D eigenvalue weighted by Gasteiger charge is -2.19. The summed E-state index contributed by atoms with van der Waals surface area (Å²) in [5.74, 6) is 1.31. The van der Waals surface area contributed by atoms with Gasteiger partial charge in [-0.15, -0.1) is 0 Å². The molecule has 0 spiro atoms. The lowest BCUT2D eigenvalue weighted by Crippen LogP contribution is -2.31. The fourth-order valence-electron chi connectivity index (χ4n) is 4.83. The maximum absolute atomic E-state index is 13.3. The van der Waals surface area contributed by atoms with Gasteiger partial charge in [0.25, 0.3) is 0 Å². The van der Waals surface area contributed by atoms with E-state index in [-0.39, 0.29) is 23.3 Å². The minimum atomic E-state index is -0.370. The van der Waals surface area contributed by atoms with Gasteiger partial charge in [-0.25, -0.2) is 0 Å². The second-order valence-electron chi connectivity index (χ2n) is 9.78.